The van der Waals surface area contributed by atoms with Gasteiger partial charge in [-0.15, -0.1) is 0 Å². The van der Waals surface area contributed by atoms with Crippen LogP contribution in [-0.2, 0) is 14.8 Å². The highest BCUT2D eigenvalue weighted by Gasteiger charge is 2.36. The van der Waals surface area contributed by atoms with E-state index in [4.69, 9.17) is 10.5 Å². The number of aryl methyl sites for hydroxylation is 1. The van der Waals surface area contributed by atoms with Gasteiger partial charge in [0.05, 0.1) is 11.3 Å². The van der Waals surface area contributed by atoms with Gasteiger partial charge >= 0.3 is 0 Å². The summed E-state index contributed by atoms with van der Waals surface area (Å²) in [5.74, 6) is 0. The lowest BCUT2D eigenvalue weighted by atomic mass is 9.95. The minimum absolute atomic E-state index is 0.0376. The molecule has 0 aromatic carbocycles. The van der Waals surface area contributed by atoms with E-state index in [0.29, 0.717) is 31.7 Å². The number of aromatic nitrogens is 1. The molecule has 0 bridgehead atoms. The third-order valence-electron chi connectivity index (χ3n) is 3.36. The predicted octanol–water partition coefficient (Wildman–Crippen LogP) is 0.196. The average Bonchev–Trinajstić information content (AvgIpc) is 2.69. The maximum absolute atomic E-state index is 12.5. The van der Waals surface area contributed by atoms with Crippen molar-refractivity contribution in [1.82, 2.24) is 9.29 Å². The van der Waals surface area contributed by atoms with Gasteiger partial charge in [0.2, 0.25) is 0 Å². The summed E-state index contributed by atoms with van der Waals surface area (Å²) < 4.78 is 31.4. The first-order valence-corrected chi connectivity index (χ1v) is 8.50. The summed E-state index contributed by atoms with van der Waals surface area (Å²) in [5, 5.41) is 10.6. The summed E-state index contributed by atoms with van der Waals surface area (Å²) in [6.45, 7) is 2.53. The van der Waals surface area contributed by atoms with Crippen LogP contribution < -0.4 is 5.73 Å². The molecule has 3 N–H and O–H groups in total. The van der Waals surface area contributed by atoms with E-state index in [1.165, 1.54) is 7.05 Å². The van der Waals surface area contributed by atoms with E-state index in [1.54, 1.807) is 6.92 Å². The molecule has 7 nitrogen and oxygen atoms in total. The second-order valence-corrected chi connectivity index (χ2v) is 8.29. The summed E-state index contributed by atoms with van der Waals surface area (Å²) in [7, 11) is -2.22. The van der Waals surface area contributed by atoms with Gasteiger partial charge in [-0.25, -0.2) is 13.4 Å². The van der Waals surface area contributed by atoms with Gasteiger partial charge in [0, 0.05) is 39.6 Å². The SMILES string of the molecule is Cc1nc(N)sc1S(=O)(=O)N(C)CC1(O)CCOCC1. The quantitative estimate of drug-likeness (QED) is 0.820. The van der Waals surface area contributed by atoms with Gasteiger partial charge in [-0.2, -0.15) is 4.31 Å². The molecule has 0 radical (unpaired) electrons. The first-order valence-electron chi connectivity index (χ1n) is 6.24. The molecule has 1 aliphatic rings. The van der Waals surface area contributed by atoms with Crippen LogP contribution in [0.3, 0.4) is 0 Å². The summed E-state index contributed by atoms with van der Waals surface area (Å²) in [4.78, 5) is 3.93. The van der Waals surface area contributed by atoms with Crippen LogP contribution in [0.1, 0.15) is 18.5 Å². The molecule has 1 saturated heterocycles. The van der Waals surface area contributed by atoms with Gasteiger partial charge in [-0.05, 0) is 6.92 Å². The fourth-order valence-electron chi connectivity index (χ4n) is 2.19. The van der Waals surface area contributed by atoms with Crippen LogP contribution in [0.15, 0.2) is 4.21 Å². The third-order valence-corrected chi connectivity index (χ3v) is 6.73. The lowest BCUT2D eigenvalue weighted by Gasteiger charge is -2.34. The number of hydrogen-bond acceptors (Lipinski definition) is 7. The second kappa shape index (κ2) is 5.57. The van der Waals surface area contributed by atoms with Crippen molar-refractivity contribution in [2.45, 2.75) is 29.6 Å². The fourth-order valence-corrected chi connectivity index (χ4v) is 4.93. The van der Waals surface area contributed by atoms with E-state index < -0.39 is 15.6 Å². The van der Waals surface area contributed by atoms with Crippen LogP contribution in [-0.4, -0.2) is 55.2 Å². The van der Waals surface area contributed by atoms with Crippen LogP contribution in [0.5, 0.6) is 0 Å². The summed E-state index contributed by atoms with van der Waals surface area (Å²) in [6.07, 6.45) is 0.855. The number of thiazole rings is 1. The van der Waals surface area contributed by atoms with Crippen molar-refractivity contribution in [2.24, 2.45) is 0 Å². The zero-order chi connectivity index (χ0) is 15.0. The molecule has 0 unspecified atom stereocenters. The van der Waals surface area contributed by atoms with Crippen LogP contribution >= 0.6 is 11.3 Å². The van der Waals surface area contributed by atoms with Gasteiger partial charge in [-0.3, -0.25) is 0 Å². The lowest BCUT2D eigenvalue weighted by molar-refractivity contribution is -0.0689. The highest BCUT2D eigenvalue weighted by Crippen LogP contribution is 2.29. The van der Waals surface area contributed by atoms with Crippen molar-refractivity contribution >= 4 is 26.5 Å². The molecule has 1 aromatic rings. The third kappa shape index (κ3) is 3.12. The van der Waals surface area contributed by atoms with E-state index >= 15 is 0 Å². The Morgan fingerprint density at radius 1 is 1.50 bits per heavy atom. The van der Waals surface area contributed by atoms with Crippen LogP contribution in [0.25, 0.3) is 0 Å². The van der Waals surface area contributed by atoms with Gasteiger partial charge in [-0.1, -0.05) is 11.3 Å². The molecule has 1 aromatic heterocycles. The van der Waals surface area contributed by atoms with Crippen LogP contribution in [0.2, 0.25) is 0 Å². The topological polar surface area (TPSA) is 106 Å². The number of likely N-dealkylation sites (N-methyl/N-ethyl adjacent to an activating group) is 1. The monoisotopic (exact) mass is 321 g/mol. The Bertz CT molecular complexity index is 578. The number of rotatable bonds is 4. The Labute approximate surface area is 122 Å². The zero-order valence-electron chi connectivity index (χ0n) is 11.5. The molecule has 2 heterocycles. The van der Waals surface area contributed by atoms with Gasteiger partial charge < -0.3 is 15.6 Å². The Balaban J connectivity index is 2.19. The molecule has 0 atom stereocenters. The van der Waals surface area contributed by atoms with Crippen molar-refractivity contribution in [3.63, 3.8) is 0 Å². The van der Waals surface area contributed by atoms with Gasteiger partial charge in [0.15, 0.2) is 9.34 Å². The summed E-state index contributed by atoms with van der Waals surface area (Å²) >= 11 is 0.941. The number of ether oxygens (including phenoxy) is 1. The molecule has 0 aliphatic carbocycles. The minimum Gasteiger partial charge on any atom is -0.388 e. The zero-order valence-corrected chi connectivity index (χ0v) is 13.1. The van der Waals surface area contributed by atoms with Crippen molar-refractivity contribution in [1.29, 1.82) is 0 Å². The summed E-state index contributed by atoms with van der Waals surface area (Å²) in [5.41, 5.74) is 4.89. The molecule has 1 fully saturated rings. The maximum Gasteiger partial charge on any atom is 0.254 e. The fraction of sp³-hybridized carbons (Fsp3) is 0.727. The molecule has 2 rings (SSSR count). The Morgan fingerprint density at radius 3 is 2.60 bits per heavy atom. The number of aliphatic hydroxyl groups is 1. The van der Waals surface area contributed by atoms with Crippen molar-refractivity contribution in [2.75, 3.05) is 32.5 Å². The minimum atomic E-state index is -3.68. The van der Waals surface area contributed by atoms with E-state index in [1.807, 2.05) is 0 Å². The van der Waals surface area contributed by atoms with Crippen molar-refractivity contribution < 1.29 is 18.3 Å². The normalized spacial score (nSPS) is 19.4. The average molecular weight is 321 g/mol. The first kappa shape index (κ1) is 15.6. The number of nitrogen functional groups attached to an aromatic ring is 1. The second-order valence-electron chi connectivity index (χ2n) is 5.02. The van der Waals surface area contributed by atoms with E-state index in [9.17, 15) is 13.5 Å². The van der Waals surface area contributed by atoms with Gasteiger partial charge in [0.25, 0.3) is 10.0 Å². The van der Waals surface area contributed by atoms with E-state index in [0.717, 1.165) is 15.6 Å². The van der Waals surface area contributed by atoms with E-state index in [2.05, 4.69) is 4.98 Å². The molecule has 0 saturated carbocycles. The maximum atomic E-state index is 12.5. The molecule has 114 valence electrons. The first-order chi connectivity index (χ1) is 9.24. The highest BCUT2D eigenvalue weighted by molar-refractivity contribution is 7.91. The Kier molecular flexibility index (Phi) is 4.35. The van der Waals surface area contributed by atoms with Crippen LogP contribution in [0.4, 0.5) is 5.13 Å². The smallest absolute Gasteiger partial charge is 0.254 e. The predicted molar refractivity (Wildman–Crippen MR) is 76.1 cm³/mol. The number of anilines is 1. The standard InChI is InChI=1S/C11H19N3O4S2/c1-8-9(19-10(12)13-8)20(16,17)14(2)7-11(15)3-5-18-6-4-11/h15H,3-7H2,1-2H3,(H2,12,13). The van der Waals surface area contributed by atoms with Crippen molar-refractivity contribution in [3.05, 3.63) is 5.69 Å². The largest absolute Gasteiger partial charge is 0.388 e. The molecule has 0 spiro atoms. The number of nitrogens with two attached hydrogens (primary N) is 1. The van der Waals surface area contributed by atoms with Crippen LogP contribution in [0, 0.1) is 6.92 Å². The highest BCUT2D eigenvalue weighted by atomic mass is 32.2. The number of hydrogen-bond donors (Lipinski definition) is 2. The Hall–Kier alpha value is -0.740. The molecule has 20 heavy (non-hydrogen) atoms. The molecule has 1 aliphatic heterocycles. The molecular formula is C11H19N3O4S2. The summed E-state index contributed by atoms with van der Waals surface area (Å²) in [6, 6.07) is 0. The van der Waals surface area contributed by atoms with Gasteiger partial charge in [0.1, 0.15) is 0 Å². The van der Waals surface area contributed by atoms with Crippen molar-refractivity contribution in [3.8, 4) is 0 Å². The molecule has 0 amide bonds. The Morgan fingerprint density at radius 2 is 2.10 bits per heavy atom. The lowest BCUT2D eigenvalue weighted by Crippen LogP contribution is -2.47. The molecule has 9 heteroatoms. The van der Waals surface area contributed by atoms with E-state index in [-0.39, 0.29) is 15.9 Å². The molecular weight excluding hydrogens is 302 g/mol. The number of nitrogens with zero attached hydrogens (tertiary/aromatic N) is 2. The number of sulfonamides is 1.